The molecule has 5 heteroatoms. The Morgan fingerprint density at radius 3 is 2.71 bits per heavy atom. The van der Waals surface area contributed by atoms with Crippen LogP contribution in [0.5, 0.6) is 0 Å². The lowest BCUT2D eigenvalue weighted by Crippen LogP contribution is -2.41. The van der Waals surface area contributed by atoms with Crippen molar-refractivity contribution in [3.63, 3.8) is 0 Å². The van der Waals surface area contributed by atoms with Crippen LogP contribution in [-0.2, 0) is 16.7 Å². The normalized spacial score (nSPS) is 18.4. The maximum absolute atomic E-state index is 6.26. The first kappa shape index (κ1) is 16.4. The Bertz CT molecular complexity index is 413. The van der Waals surface area contributed by atoms with E-state index in [4.69, 9.17) is 15.0 Å². The molecule has 2 N–H and O–H groups in total. The van der Waals surface area contributed by atoms with Gasteiger partial charge in [-0.1, -0.05) is 37.8 Å². The van der Waals surface area contributed by atoms with Crippen molar-refractivity contribution in [2.24, 2.45) is 5.73 Å². The van der Waals surface area contributed by atoms with Crippen molar-refractivity contribution in [3.05, 3.63) is 11.7 Å². The van der Waals surface area contributed by atoms with Gasteiger partial charge in [0, 0.05) is 6.42 Å². The van der Waals surface area contributed by atoms with Crippen molar-refractivity contribution in [1.29, 1.82) is 0 Å². The summed E-state index contributed by atoms with van der Waals surface area (Å²) in [5.74, 6) is 1.26. The summed E-state index contributed by atoms with van der Waals surface area (Å²) in [6.07, 6.45) is 10.9. The molecule has 1 aliphatic carbocycles. The fourth-order valence-corrected chi connectivity index (χ4v) is 2.36. The monoisotopic (exact) mass is 295 g/mol. The molecule has 0 saturated heterocycles. The van der Waals surface area contributed by atoms with Crippen LogP contribution in [0.4, 0.5) is 0 Å². The molecule has 1 unspecified atom stereocenters. The van der Waals surface area contributed by atoms with Crippen LogP contribution in [0.2, 0.25) is 0 Å². The summed E-state index contributed by atoms with van der Waals surface area (Å²) in [6.45, 7) is 4.58. The molecule has 1 saturated carbocycles. The molecule has 0 aromatic carbocycles. The Kier molecular flexibility index (Phi) is 6.18. The van der Waals surface area contributed by atoms with Crippen LogP contribution in [-0.4, -0.2) is 22.9 Å². The van der Waals surface area contributed by atoms with Crippen molar-refractivity contribution in [3.8, 4) is 0 Å². The van der Waals surface area contributed by atoms with Gasteiger partial charge in [-0.2, -0.15) is 4.98 Å². The largest absolute Gasteiger partial charge is 0.376 e. The zero-order chi connectivity index (χ0) is 15.1. The van der Waals surface area contributed by atoms with Gasteiger partial charge in [-0.25, -0.2) is 0 Å². The van der Waals surface area contributed by atoms with Crippen LogP contribution in [0.25, 0.3) is 0 Å². The number of unbranched alkanes of at least 4 members (excludes halogenated alkanes) is 4. The van der Waals surface area contributed by atoms with Crippen LogP contribution in [0.15, 0.2) is 4.52 Å². The number of nitrogens with zero attached hydrogens (tertiary/aromatic N) is 2. The predicted octanol–water partition coefficient (Wildman–Crippen LogP) is 3.33. The molecule has 1 fully saturated rings. The second-order valence-corrected chi connectivity index (χ2v) is 6.46. The van der Waals surface area contributed by atoms with E-state index in [0.29, 0.717) is 24.4 Å². The van der Waals surface area contributed by atoms with E-state index < -0.39 is 5.54 Å². The van der Waals surface area contributed by atoms with Gasteiger partial charge in [0.25, 0.3) is 0 Å². The zero-order valence-corrected chi connectivity index (χ0v) is 13.4. The van der Waals surface area contributed by atoms with Crippen LogP contribution >= 0.6 is 0 Å². The first-order valence-electron chi connectivity index (χ1n) is 8.35. The highest BCUT2D eigenvalue weighted by molar-refractivity contribution is 5.02. The molecule has 21 heavy (non-hydrogen) atoms. The third kappa shape index (κ3) is 5.08. The summed E-state index contributed by atoms with van der Waals surface area (Å²) in [5.41, 5.74) is 5.60. The number of aromatic nitrogens is 2. The molecule has 0 amide bonds. The molecule has 1 aliphatic rings. The topological polar surface area (TPSA) is 74.2 Å². The second kappa shape index (κ2) is 7.90. The number of nitrogens with two attached hydrogens (primary N) is 1. The standard InChI is InChI=1S/C16H29N3O2/c1-3-4-5-6-7-11-14-18-15(19-21-14)16(2,17)12-20-13-9-8-10-13/h13H,3-12,17H2,1-2H3. The average molecular weight is 295 g/mol. The van der Waals surface area contributed by atoms with E-state index in [0.717, 1.165) is 25.7 Å². The summed E-state index contributed by atoms with van der Waals surface area (Å²) < 4.78 is 11.1. The van der Waals surface area contributed by atoms with E-state index in [1.165, 1.54) is 32.1 Å². The number of hydrogen-bond donors (Lipinski definition) is 1. The van der Waals surface area contributed by atoms with Gasteiger partial charge in [0.15, 0.2) is 5.82 Å². The third-order valence-electron chi connectivity index (χ3n) is 4.14. The maximum Gasteiger partial charge on any atom is 0.226 e. The molecule has 0 bridgehead atoms. The van der Waals surface area contributed by atoms with Gasteiger partial charge in [0.2, 0.25) is 5.89 Å². The van der Waals surface area contributed by atoms with Gasteiger partial charge in [-0.05, 0) is 32.6 Å². The Labute approximate surface area is 127 Å². The molecule has 0 spiro atoms. The second-order valence-electron chi connectivity index (χ2n) is 6.46. The van der Waals surface area contributed by atoms with E-state index in [1.807, 2.05) is 6.92 Å². The van der Waals surface area contributed by atoms with Crippen molar-refractivity contribution in [2.75, 3.05) is 6.61 Å². The molecule has 0 aliphatic heterocycles. The maximum atomic E-state index is 6.26. The SMILES string of the molecule is CCCCCCCc1nc(C(C)(N)COC2CCC2)no1. The molecule has 1 aromatic heterocycles. The lowest BCUT2D eigenvalue weighted by Gasteiger charge is -2.29. The first-order chi connectivity index (χ1) is 10.1. The minimum Gasteiger partial charge on any atom is -0.376 e. The van der Waals surface area contributed by atoms with Crippen LogP contribution in [0.3, 0.4) is 0 Å². The average Bonchev–Trinajstić information content (AvgIpc) is 2.86. The first-order valence-corrected chi connectivity index (χ1v) is 8.35. The zero-order valence-electron chi connectivity index (χ0n) is 13.4. The highest BCUT2D eigenvalue weighted by atomic mass is 16.5. The molecule has 120 valence electrons. The lowest BCUT2D eigenvalue weighted by molar-refractivity contribution is -0.0222. The summed E-state index contributed by atoms with van der Waals surface area (Å²) >= 11 is 0. The smallest absolute Gasteiger partial charge is 0.226 e. The van der Waals surface area contributed by atoms with Gasteiger partial charge in [-0.15, -0.1) is 0 Å². The van der Waals surface area contributed by atoms with Crippen molar-refractivity contribution >= 4 is 0 Å². The molecular weight excluding hydrogens is 266 g/mol. The lowest BCUT2D eigenvalue weighted by atomic mass is 9.95. The molecule has 1 atom stereocenters. The third-order valence-corrected chi connectivity index (χ3v) is 4.14. The summed E-state index contributed by atoms with van der Waals surface area (Å²) in [4.78, 5) is 4.44. The highest BCUT2D eigenvalue weighted by Crippen LogP contribution is 2.24. The number of rotatable bonds is 10. The van der Waals surface area contributed by atoms with Gasteiger partial charge in [0.05, 0.1) is 12.7 Å². The van der Waals surface area contributed by atoms with E-state index >= 15 is 0 Å². The van der Waals surface area contributed by atoms with Crippen LogP contribution in [0.1, 0.15) is 76.9 Å². The highest BCUT2D eigenvalue weighted by Gasteiger charge is 2.30. The van der Waals surface area contributed by atoms with Crippen molar-refractivity contribution < 1.29 is 9.26 Å². The molecule has 5 nitrogen and oxygen atoms in total. The van der Waals surface area contributed by atoms with Gasteiger partial charge >= 0.3 is 0 Å². The number of aryl methyl sites for hydroxylation is 1. The van der Waals surface area contributed by atoms with Gasteiger partial charge in [-0.3, -0.25) is 0 Å². The summed E-state index contributed by atoms with van der Waals surface area (Å²) in [7, 11) is 0. The fraction of sp³-hybridized carbons (Fsp3) is 0.875. The quantitative estimate of drug-likeness (QED) is 0.670. The number of ether oxygens (including phenoxy) is 1. The van der Waals surface area contributed by atoms with Crippen molar-refractivity contribution in [2.45, 2.75) is 83.3 Å². The summed E-state index contributed by atoms with van der Waals surface area (Å²) in [5, 5.41) is 4.03. The van der Waals surface area contributed by atoms with Gasteiger partial charge in [0.1, 0.15) is 5.54 Å². The summed E-state index contributed by atoms with van der Waals surface area (Å²) in [6, 6.07) is 0. The molecule has 1 aromatic rings. The van der Waals surface area contributed by atoms with Crippen molar-refractivity contribution in [1.82, 2.24) is 10.1 Å². The Morgan fingerprint density at radius 2 is 2.05 bits per heavy atom. The molecular formula is C16H29N3O2. The van der Waals surface area contributed by atoms with E-state index in [1.54, 1.807) is 0 Å². The fourth-order valence-electron chi connectivity index (χ4n) is 2.36. The Hall–Kier alpha value is -0.940. The predicted molar refractivity (Wildman–Crippen MR) is 81.9 cm³/mol. The van der Waals surface area contributed by atoms with Crippen LogP contribution in [0, 0.1) is 0 Å². The van der Waals surface area contributed by atoms with E-state index in [2.05, 4.69) is 17.1 Å². The Balaban J connectivity index is 1.74. The minimum absolute atomic E-state index is 0.373. The molecule has 1 heterocycles. The van der Waals surface area contributed by atoms with E-state index in [9.17, 15) is 0 Å². The minimum atomic E-state index is -0.667. The number of hydrogen-bond acceptors (Lipinski definition) is 5. The van der Waals surface area contributed by atoms with E-state index in [-0.39, 0.29) is 0 Å². The van der Waals surface area contributed by atoms with Gasteiger partial charge < -0.3 is 15.0 Å². The molecule has 2 rings (SSSR count). The molecule has 0 radical (unpaired) electrons. The Morgan fingerprint density at radius 1 is 1.29 bits per heavy atom. The van der Waals surface area contributed by atoms with Crippen LogP contribution < -0.4 is 5.73 Å².